The second kappa shape index (κ2) is 3.08. The molecule has 0 aliphatic rings. The second-order valence-electron chi connectivity index (χ2n) is 0.941. The third-order valence-electron chi connectivity index (χ3n) is 0.254. The van der Waals surface area contributed by atoms with Crippen LogP contribution in [0.2, 0.25) is 0 Å². The van der Waals surface area contributed by atoms with Crippen molar-refractivity contribution in [3.8, 4) is 11.7 Å². The third-order valence-corrected chi connectivity index (χ3v) is 0.762. The first kappa shape index (κ1) is 5.87. The zero-order chi connectivity index (χ0) is 4.99. The lowest BCUT2D eigenvalue weighted by Gasteiger charge is -1.90. The molecule has 0 heterocycles. The van der Waals surface area contributed by atoms with E-state index in [1.54, 1.807) is 0 Å². The predicted molar refractivity (Wildman–Crippen MR) is 30.1 cm³/mol. The first-order valence-electron chi connectivity index (χ1n) is 1.64. The van der Waals surface area contributed by atoms with Gasteiger partial charge in [0, 0.05) is 0 Å². The van der Waals surface area contributed by atoms with E-state index in [0.717, 1.165) is 0 Å². The standard InChI is InChI=1S/C4H7NS/c1-3-6-4(2)5/h1,4H,5H2,2H3. The van der Waals surface area contributed by atoms with Crippen molar-refractivity contribution < 1.29 is 0 Å². The average Bonchev–Trinajstić information content (AvgIpc) is 1.35. The van der Waals surface area contributed by atoms with Crippen molar-refractivity contribution in [2.45, 2.75) is 12.3 Å². The minimum absolute atomic E-state index is 0.0787. The second-order valence-corrected chi connectivity index (χ2v) is 2.16. The van der Waals surface area contributed by atoms with Crippen LogP contribution >= 0.6 is 11.8 Å². The molecule has 34 valence electrons. The molecule has 0 radical (unpaired) electrons. The molecule has 0 amide bonds. The van der Waals surface area contributed by atoms with Gasteiger partial charge in [0.2, 0.25) is 0 Å². The molecular weight excluding hydrogens is 94.1 g/mol. The molecule has 0 bridgehead atoms. The quantitative estimate of drug-likeness (QED) is 0.387. The summed E-state index contributed by atoms with van der Waals surface area (Å²) < 4.78 is 0. The van der Waals surface area contributed by atoms with Gasteiger partial charge in [-0.3, -0.25) is 0 Å². The first-order valence-corrected chi connectivity index (χ1v) is 2.52. The van der Waals surface area contributed by atoms with E-state index in [2.05, 4.69) is 5.25 Å². The van der Waals surface area contributed by atoms with Gasteiger partial charge >= 0.3 is 0 Å². The molecule has 0 aliphatic heterocycles. The molecule has 0 aliphatic carbocycles. The maximum absolute atomic E-state index is 5.22. The van der Waals surface area contributed by atoms with E-state index in [0.29, 0.717) is 0 Å². The highest BCUT2D eigenvalue weighted by Gasteiger charge is 1.83. The van der Waals surface area contributed by atoms with Crippen molar-refractivity contribution >= 4 is 11.8 Å². The van der Waals surface area contributed by atoms with Crippen LogP contribution in [0.3, 0.4) is 0 Å². The van der Waals surface area contributed by atoms with Gasteiger partial charge < -0.3 is 5.73 Å². The highest BCUT2D eigenvalue weighted by atomic mass is 32.2. The van der Waals surface area contributed by atoms with Crippen LogP contribution in [-0.2, 0) is 0 Å². The van der Waals surface area contributed by atoms with Gasteiger partial charge in [-0.05, 0) is 12.2 Å². The lowest BCUT2D eigenvalue weighted by atomic mass is 10.8. The summed E-state index contributed by atoms with van der Waals surface area (Å²) in [5.74, 6) is 0. The minimum Gasteiger partial charge on any atom is -0.319 e. The average molecular weight is 101 g/mol. The molecule has 1 unspecified atom stereocenters. The molecule has 0 spiro atoms. The Bertz CT molecular complexity index is 62.4. The zero-order valence-electron chi connectivity index (χ0n) is 3.64. The molecule has 0 fully saturated rings. The first-order chi connectivity index (χ1) is 2.77. The summed E-state index contributed by atoms with van der Waals surface area (Å²) in [6.07, 6.45) is 4.86. The van der Waals surface area contributed by atoms with E-state index in [9.17, 15) is 0 Å². The van der Waals surface area contributed by atoms with Crippen LogP contribution in [0.25, 0.3) is 0 Å². The molecule has 0 aromatic rings. The molecule has 0 rings (SSSR count). The lowest BCUT2D eigenvalue weighted by molar-refractivity contribution is 1.05. The number of hydrogen-bond acceptors (Lipinski definition) is 2. The zero-order valence-corrected chi connectivity index (χ0v) is 4.46. The van der Waals surface area contributed by atoms with Gasteiger partial charge in [-0.25, -0.2) is 0 Å². The number of hydrogen-bond donors (Lipinski definition) is 1. The van der Waals surface area contributed by atoms with Crippen molar-refractivity contribution in [2.24, 2.45) is 5.73 Å². The maximum atomic E-state index is 5.22. The van der Waals surface area contributed by atoms with Crippen molar-refractivity contribution in [3.05, 3.63) is 0 Å². The summed E-state index contributed by atoms with van der Waals surface area (Å²) in [4.78, 5) is 0. The monoisotopic (exact) mass is 101 g/mol. The molecule has 0 saturated heterocycles. The van der Waals surface area contributed by atoms with Crippen LogP contribution in [0.1, 0.15) is 6.92 Å². The van der Waals surface area contributed by atoms with Crippen LogP contribution in [0.4, 0.5) is 0 Å². The van der Waals surface area contributed by atoms with Crippen LogP contribution in [0.15, 0.2) is 0 Å². The summed E-state index contributed by atoms with van der Waals surface area (Å²) in [7, 11) is 0. The van der Waals surface area contributed by atoms with Gasteiger partial charge in [-0.1, -0.05) is 11.8 Å². The fraction of sp³-hybridized carbons (Fsp3) is 0.500. The number of thioether (sulfide) groups is 1. The van der Waals surface area contributed by atoms with Crippen molar-refractivity contribution in [3.63, 3.8) is 0 Å². The van der Waals surface area contributed by atoms with E-state index >= 15 is 0 Å². The van der Waals surface area contributed by atoms with Gasteiger partial charge in [0.05, 0.1) is 5.37 Å². The molecule has 0 saturated carbocycles. The SMILES string of the molecule is C#CSC(C)N. The van der Waals surface area contributed by atoms with E-state index in [-0.39, 0.29) is 5.37 Å². The molecule has 0 aromatic heterocycles. The normalized spacial score (nSPS) is 12.8. The van der Waals surface area contributed by atoms with Gasteiger partial charge in [0.25, 0.3) is 0 Å². The van der Waals surface area contributed by atoms with Gasteiger partial charge in [0.1, 0.15) is 0 Å². The van der Waals surface area contributed by atoms with Crippen LogP contribution < -0.4 is 5.73 Å². The Labute approximate surface area is 42.3 Å². The molecule has 1 atom stereocenters. The molecular formula is C4H7NS. The highest BCUT2D eigenvalue weighted by Crippen LogP contribution is 1.98. The van der Waals surface area contributed by atoms with Gasteiger partial charge in [0.15, 0.2) is 0 Å². The van der Waals surface area contributed by atoms with Crippen LogP contribution in [0, 0.1) is 11.7 Å². The fourth-order valence-corrected chi connectivity index (χ4v) is 0.322. The highest BCUT2D eigenvalue weighted by molar-refractivity contribution is 8.04. The predicted octanol–water partition coefficient (Wildman–Crippen LogP) is 0.615. The number of nitrogens with two attached hydrogens (primary N) is 1. The Balaban J connectivity index is 2.88. The Morgan fingerprint density at radius 2 is 2.50 bits per heavy atom. The smallest absolute Gasteiger partial charge is 0.0603 e. The molecule has 0 aromatic carbocycles. The van der Waals surface area contributed by atoms with E-state index < -0.39 is 0 Å². The Kier molecular flexibility index (Phi) is 3.01. The molecule has 2 N–H and O–H groups in total. The van der Waals surface area contributed by atoms with Crippen molar-refractivity contribution in [1.82, 2.24) is 0 Å². The summed E-state index contributed by atoms with van der Waals surface area (Å²) in [5.41, 5.74) is 5.22. The van der Waals surface area contributed by atoms with E-state index in [4.69, 9.17) is 12.2 Å². The molecule has 6 heavy (non-hydrogen) atoms. The Morgan fingerprint density at radius 1 is 2.00 bits per heavy atom. The van der Waals surface area contributed by atoms with Gasteiger partial charge in [-0.15, -0.1) is 6.42 Å². The number of rotatable bonds is 1. The van der Waals surface area contributed by atoms with Crippen molar-refractivity contribution in [1.29, 1.82) is 0 Å². The van der Waals surface area contributed by atoms with E-state index in [1.165, 1.54) is 11.8 Å². The molecule has 1 nitrogen and oxygen atoms in total. The summed E-state index contributed by atoms with van der Waals surface area (Å²) in [6.45, 7) is 1.85. The number of terminal acetylenes is 1. The van der Waals surface area contributed by atoms with Crippen LogP contribution in [-0.4, -0.2) is 5.37 Å². The lowest BCUT2D eigenvalue weighted by Crippen LogP contribution is -2.07. The van der Waals surface area contributed by atoms with Crippen molar-refractivity contribution in [2.75, 3.05) is 0 Å². The Morgan fingerprint density at radius 3 is 2.50 bits per heavy atom. The topological polar surface area (TPSA) is 26.0 Å². The summed E-state index contributed by atoms with van der Waals surface area (Å²) in [5, 5.41) is 2.44. The molecule has 2 heteroatoms. The minimum atomic E-state index is 0.0787. The van der Waals surface area contributed by atoms with Gasteiger partial charge in [-0.2, -0.15) is 0 Å². The summed E-state index contributed by atoms with van der Waals surface area (Å²) in [6, 6.07) is 0. The fourth-order valence-electron chi connectivity index (χ4n) is 0.107. The third kappa shape index (κ3) is 3.87. The van der Waals surface area contributed by atoms with E-state index in [1.807, 2.05) is 6.92 Å². The Hall–Kier alpha value is -0.130. The largest absolute Gasteiger partial charge is 0.319 e. The maximum Gasteiger partial charge on any atom is 0.0603 e. The summed E-state index contributed by atoms with van der Waals surface area (Å²) >= 11 is 1.29. The van der Waals surface area contributed by atoms with Crippen LogP contribution in [0.5, 0.6) is 0 Å².